The summed E-state index contributed by atoms with van der Waals surface area (Å²) in [5, 5.41) is 2.60. The third-order valence-corrected chi connectivity index (χ3v) is 4.59. The number of likely N-dealkylation sites (N-methyl/N-ethyl adjacent to an activating group) is 1. The largest absolute Gasteiger partial charge is 0.377 e. The zero-order valence-electron chi connectivity index (χ0n) is 12.8. The third-order valence-electron chi connectivity index (χ3n) is 4.59. The monoisotopic (exact) mass is 297 g/mol. The standard InChI is InChI=1S/C15H27N3O3/c1-17-15(20)13-10-21-8-7-18(13)14(19)6-5-11-3-2-4-12(16)9-11/h11-13H,2-10,16H2,1H3,(H,17,20). The SMILES string of the molecule is CNC(=O)C1COCCN1C(=O)CCC1CCCC(N)C1. The van der Waals surface area contributed by atoms with Gasteiger partial charge in [-0.3, -0.25) is 9.59 Å². The zero-order chi connectivity index (χ0) is 15.2. The molecule has 6 nitrogen and oxygen atoms in total. The molecule has 2 fully saturated rings. The highest BCUT2D eigenvalue weighted by Gasteiger charge is 2.32. The van der Waals surface area contributed by atoms with Gasteiger partial charge in [-0.25, -0.2) is 0 Å². The predicted octanol–water partition coefficient (Wildman–Crippen LogP) is 0.258. The summed E-state index contributed by atoms with van der Waals surface area (Å²) >= 11 is 0. The molecule has 1 aliphatic heterocycles. The number of nitrogens with one attached hydrogen (secondary N) is 1. The van der Waals surface area contributed by atoms with Gasteiger partial charge in [0.05, 0.1) is 13.2 Å². The third kappa shape index (κ3) is 4.41. The van der Waals surface area contributed by atoms with Crippen molar-refractivity contribution in [3.8, 4) is 0 Å². The second-order valence-electron chi connectivity index (χ2n) is 6.12. The number of carbonyl (C=O) groups excluding carboxylic acids is 2. The molecule has 0 spiro atoms. The van der Waals surface area contributed by atoms with Crippen LogP contribution in [0, 0.1) is 5.92 Å². The van der Waals surface area contributed by atoms with Gasteiger partial charge in [-0.1, -0.05) is 12.8 Å². The molecule has 1 aliphatic carbocycles. The summed E-state index contributed by atoms with van der Waals surface area (Å²) < 4.78 is 5.32. The summed E-state index contributed by atoms with van der Waals surface area (Å²) in [5.41, 5.74) is 5.99. The van der Waals surface area contributed by atoms with Crippen molar-refractivity contribution in [3.05, 3.63) is 0 Å². The maximum Gasteiger partial charge on any atom is 0.244 e. The van der Waals surface area contributed by atoms with Gasteiger partial charge < -0.3 is 20.7 Å². The highest BCUT2D eigenvalue weighted by Crippen LogP contribution is 2.27. The number of carbonyl (C=O) groups is 2. The molecule has 0 radical (unpaired) electrons. The average Bonchev–Trinajstić information content (AvgIpc) is 2.52. The van der Waals surface area contributed by atoms with Crippen LogP contribution in [0.5, 0.6) is 0 Å². The second kappa shape index (κ2) is 7.75. The van der Waals surface area contributed by atoms with Crippen molar-refractivity contribution < 1.29 is 14.3 Å². The van der Waals surface area contributed by atoms with E-state index in [0.717, 1.165) is 19.3 Å². The average molecular weight is 297 g/mol. The van der Waals surface area contributed by atoms with Crippen molar-refractivity contribution in [2.24, 2.45) is 11.7 Å². The Morgan fingerprint density at radius 1 is 1.38 bits per heavy atom. The first-order valence-corrected chi connectivity index (χ1v) is 7.96. The quantitative estimate of drug-likeness (QED) is 0.779. The lowest BCUT2D eigenvalue weighted by Gasteiger charge is -2.35. The molecule has 3 unspecified atom stereocenters. The van der Waals surface area contributed by atoms with Crippen LogP contribution in [0.25, 0.3) is 0 Å². The molecule has 0 aromatic carbocycles. The molecule has 2 rings (SSSR count). The van der Waals surface area contributed by atoms with Crippen LogP contribution in [-0.4, -0.2) is 55.6 Å². The Kier molecular flexibility index (Phi) is 5.99. The number of nitrogens with zero attached hydrogens (tertiary/aromatic N) is 1. The summed E-state index contributed by atoms with van der Waals surface area (Å²) in [4.78, 5) is 25.9. The maximum absolute atomic E-state index is 12.4. The van der Waals surface area contributed by atoms with Gasteiger partial charge in [-0.05, 0) is 25.2 Å². The van der Waals surface area contributed by atoms with E-state index < -0.39 is 6.04 Å². The predicted molar refractivity (Wildman–Crippen MR) is 79.6 cm³/mol. The minimum absolute atomic E-state index is 0.0612. The van der Waals surface area contributed by atoms with Crippen molar-refractivity contribution >= 4 is 11.8 Å². The summed E-state index contributed by atoms with van der Waals surface area (Å²) in [5.74, 6) is 0.464. The van der Waals surface area contributed by atoms with Crippen LogP contribution in [0.1, 0.15) is 38.5 Å². The molecule has 120 valence electrons. The minimum atomic E-state index is -0.482. The van der Waals surface area contributed by atoms with Gasteiger partial charge in [0.2, 0.25) is 11.8 Å². The molecular formula is C15H27N3O3. The first-order chi connectivity index (χ1) is 10.1. The van der Waals surface area contributed by atoms with Crippen LogP contribution in [0.3, 0.4) is 0 Å². The number of hydrogen-bond donors (Lipinski definition) is 2. The lowest BCUT2D eigenvalue weighted by molar-refractivity contribution is -0.148. The van der Waals surface area contributed by atoms with Gasteiger partial charge in [0.25, 0.3) is 0 Å². The van der Waals surface area contributed by atoms with E-state index in [1.165, 1.54) is 12.8 Å². The van der Waals surface area contributed by atoms with E-state index in [9.17, 15) is 9.59 Å². The molecule has 1 saturated carbocycles. The molecular weight excluding hydrogens is 270 g/mol. The van der Waals surface area contributed by atoms with Crippen LogP contribution in [-0.2, 0) is 14.3 Å². The first-order valence-electron chi connectivity index (χ1n) is 7.96. The minimum Gasteiger partial charge on any atom is -0.377 e. The lowest BCUT2D eigenvalue weighted by atomic mass is 9.83. The molecule has 6 heteroatoms. The fraction of sp³-hybridized carbons (Fsp3) is 0.867. The van der Waals surface area contributed by atoms with E-state index >= 15 is 0 Å². The van der Waals surface area contributed by atoms with E-state index in [1.54, 1.807) is 11.9 Å². The Bertz CT molecular complexity index is 375. The first kappa shape index (κ1) is 16.2. The van der Waals surface area contributed by atoms with Crippen LogP contribution in [0.2, 0.25) is 0 Å². The normalized spacial score (nSPS) is 30.0. The van der Waals surface area contributed by atoms with Crippen molar-refractivity contribution in [1.29, 1.82) is 0 Å². The number of ether oxygens (including phenoxy) is 1. The molecule has 0 bridgehead atoms. The van der Waals surface area contributed by atoms with E-state index in [0.29, 0.717) is 38.1 Å². The highest BCUT2D eigenvalue weighted by molar-refractivity contribution is 5.87. The molecule has 0 aromatic heterocycles. The molecule has 2 amide bonds. The number of rotatable bonds is 4. The van der Waals surface area contributed by atoms with Gasteiger partial charge in [0.1, 0.15) is 6.04 Å². The Labute approximate surface area is 126 Å². The Morgan fingerprint density at radius 3 is 2.90 bits per heavy atom. The van der Waals surface area contributed by atoms with Crippen LogP contribution >= 0.6 is 0 Å². The summed E-state index contributed by atoms with van der Waals surface area (Å²) in [6.07, 6.45) is 5.85. The van der Waals surface area contributed by atoms with Gasteiger partial charge in [0, 0.05) is 26.1 Å². The molecule has 3 N–H and O–H groups in total. The van der Waals surface area contributed by atoms with E-state index in [2.05, 4.69) is 5.32 Å². The molecule has 0 aromatic rings. The number of hydrogen-bond acceptors (Lipinski definition) is 4. The Morgan fingerprint density at radius 2 is 2.19 bits per heavy atom. The van der Waals surface area contributed by atoms with E-state index in [-0.39, 0.29) is 11.8 Å². The number of morpholine rings is 1. The maximum atomic E-state index is 12.4. The number of amides is 2. The Hall–Kier alpha value is -1.14. The number of nitrogens with two attached hydrogens (primary N) is 1. The van der Waals surface area contributed by atoms with Gasteiger partial charge in [-0.2, -0.15) is 0 Å². The van der Waals surface area contributed by atoms with Gasteiger partial charge in [-0.15, -0.1) is 0 Å². The fourth-order valence-electron chi connectivity index (χ4n) is 3.35. The molecule has 3 atom stereocenters. The summed E-state index contributed by atoms with van der Waals surface area (Å²) in [6.45, 7) is 1.30. The van der Waals surface area contributed by atoms with E-state index in [1.807, 2.05) is 0 Å². The zero-order valence-corrected chi connectivity index (χ0v) is 12.8. The summed E-state index contributed by atoms with van der Waals surface area (Å²) in [6, 6.07) is -0.189. The van der Waals surface area contributed by atoms with Gasteiger partial charge >= 0.3 is 0 Å². The van der Waals surface area contributed by atoms with Crippen molar-refractivity contribution in [3.63, 3.8) is 0 Å². The highest BCUT2D eigenvalue weighted by atomic mass is 16.5. The lowest BCUT2D eigenvalue weighted by Crippen LogP contribution is -2.55. The molecule has 1 heterocycles. The summed E-state index contributed by atoms with van der Waals surface area (Å²) in [7, 11) is 1.59. The molecule has 1 saturated heterocycles. The van der Waals surface area contributed by atoms with Crippen LogP contribution in [0.15, 0.2) is 0 Å². The van der Waals surface area contributed by atoms with Gasteiger partial charge in [0.15, 0.2) is 0 Å². The van der Waals surface area contributed by atoms with Crippen LogP contribution < -0.4 is 11.1 Å². The molecule has 21 heavy (non-hydrogen) atoms. The topological polar surface area (TPSA) is 84.7 Å². The second-order valence-corrected chi connectivity index (χ2v) is 6.12. The smallest absolute Gasteiger partial charge is 0.244 e. The van der Waals surface area contributed by atoms with Crippen molar-refractivity contribution in [2.75, 3.05) is 26.8 Å². The fourth-order valence-corrected chi connectivity index (χ4v) is 3.35. The van der Waals surface area contributed by atoms with Crippen molar-refractivity contribution in [1.82, 2.24) is 10.2 Å². The van der Waals surface area contributed by atoms with E-state index in [4.69, 9.17) is 10.5 Å². The van der Waals surface area contributed by atoms with Crippen LogP contribution in [0.4, 0.5) is 0 Å². The van der Waals surface area contributed by atoms with Crippen molar-refractivity contribution in [2.45, 2.75) is 50.6 Å². The Balaban J connectivity index is 1.84. The molecule has 2 aliphatic rings.